The van der Waals surface area contributed by atoms with Crippen molar-refractivity contribution in [2.75, 3.05) is 13.6 Å². The number of halogens is 1. The minimum atomic E-state index is -0.778. The summed E-state index contributed by atoms with van der Waals surface area (Å²) in [5.74, 6) is -0.963. The predicted octanol–water partition coefficient (Wildman–Crippen LogP) is 2.86. The van der Waals surface area contributed by atoms with Gasteiger partial charge in [-0.15, -0.1) is 0 Å². The van der Waals surface area contributed by atoms with Crippen LogP contribution in [0.5, 0.6) is 0 Å². The zero-order chi connectivity index (χ0) is 14.4. The fraction of sp³-hybridized carbons (Fsp3) is 0.533. The first-order valence-corrected chi connectivity index (χ1v) is 6.61. The molecule has 0 aliphatic heterocycles. The Morgan fingerprint density at radius 3 is 2.68 bits per heavy atom. The minimum Gasteiger partial charge on any atom is -0.481 e. The SMILES string of the molecule is CCC(Cc1ccc(F)c(C)c1)N(C)CCC(=O)O. The molecule has 1 aromatic rings. The van der Waals surface area contributed by atoms with E-state index in [1.165, 1.54) is 6.07 Å². The van der Waals surface area contributed by atoms with Gasteiger partial charge >= 0.3 is 5.97 Å². The molecule has 4 heteroatoms. The monoisotopic (exact) mass is 267 g/mol. The number of carboxylic acids is 1. The third-order valence-electron chi connectivity index (χ3n) is 3.47. The van der Waals surface area contributed by atoms with Crippen molar-refractivity contribution in [3.05, 3.63) is 35.1 Å². The van der Waals surface area contributed by atoms with Gasteiger partial charge in [-0.1, -0.05) is 19.1 Å². The topological polar surface area (TPSA) is 40.5 Å². The molecule has 3 nitrogen and oxygen atoms in total. The van der Waals surface area contributed by atoms with Gasteiger partial charge in [0.05, 0.1) is 6.42 Å². The van der Waals surface area contributed by atoms with Gasteiger partial charge in [-0.05, 0) is 44.0 Å². The number of nitrogens with zero attached hydrogens (tertiary/aromatic N) is 1. The van der Waals surface area contributed by atoms with Crippen LogP contribution in [0.1, 0.15) is 30.9 Å². The van der Waals surface area contributed by atoms with Crippen LogP contribution in [0.2, 0.25) is 0 Å². The predicted molar refractivity (Wildman–Crippen MR) is 73.8 cm³/mol. The van der Waals surface area contributed by atoms with Crippen molar-refractivity contribution in [3.8, 4) is 0 Å². The van der Waals surface area contributed by atoms with Crippen LogP contribution >= 0.6 is 0 Å². The first kappa shape index (κ1) is 15.6. The molecular formula is C15H22FNO2. The summed E-state index contributed by atoms with van der Waals surface area (Å²) in [7, 11) is 1.94. The van der Waals surface area contributed by atoms with E-state index in [-0.39, 0.29) is 18.3 Å². The Morgan fingerprint density at radius 2 is 2.16 bits per heavy atom. The van der Waals surface area contributed by atoms with Gasteiger partial charge < -0.3 is 10.0 Å². The Balaban J connectivity index is 2.64. The number of hydrogen-bond donors (Lipinski definition) is 1. The first-order valence-electron chi connectivity index (χ1n) is 6.61. The molecule has 0 radical (unpaired) electrons. The second-order valence-corrected chi connectivity index (χ2v) is 4.97. The van der Waals surface area contributed by atoms with Crippen molar-refractivity contribution in [2.24, 2.45) is 0 Å². The number of aliphatic carboxylic acids is 1. The molecule has 106 valence electrons. The van der Waals surface area contributed by atoms with Crippen molar-refractivity contribution < 1.29 is 14.3 Å². The van der Waals surface area contributed by atoms with Gasteiger partial charge in [0.15, 0.2) is 0 Å². The molecule has 1 atom stereocenters. The fourth-order valence-corrected chi connectivity index (χ4v) is 2.17. The second kappa shape index (κ2) is 7.24. The molecule has 1 unspecified atom stereocenters. The van der Waals surface area contributed by atoms with Crippen molar-refractivity contribution in [1.82, 2.24) is 4.90 Å². The summed E-state index contributed by atoms with van der Waals surface area (Å²) in [6.45, 7) is 4.38. The second-order valence-electron chi connectivity index (χ2n) is 4.97. The van der Waals surface area contributed by atoms with Gasteiger partial charge in [0, 0.05) is 12.6 Å². The molecule has 0 saturated carbocycles. The molecular weight excluding hydrogens is 245 g/mol. The lowest BCUT2D eigenvalue weighted by Gasteiger charge is -2.26. The smallest absolute Gasteiger partial charge is 0.304 e. The van der Waals surface area contributed by atoms with Crippen LogP contribution in [0.3, 0.4) is 0 Å². The standard InChI is InChI=1S/C15H22FNO2/c1-4-13(17(3)8-7-15(18)19)10-12-5-6-14(16)11(2)9-12/h5-6,9,13H,4,7-8,10H2,1-3H3,(H,18,19). The van der Waals surface area contributed by atoms with Crippen LogP contribution in [-0.2, 0) is 11.2 Å². The Kier molecular flexibility index (Phi) is 5.96. The van der Waals surface area contributed by atoms with Crippen molar-refractivity contribution >= 4 is 5.97 Å². The summed E-state index contributed by atoms with van der Waals surface area (Å²) in [6, 6.07) is 5.44. The summed E-state index contributed by atoms with van der Waals surface area (Å²) < 4.78 is 13.2. The van der Waals surface area contributed by atoms with Crippen LogP contribution < -0.4 is 0 Å². The number of aryl methyl sites for hydroxylation is 1. The molecule has 0 heterocycles. The van der Waals surface area contributed by atoms with E-state index in [1.54, 1.807) is 13.0 Å². The Hall–Kier alpha value is -1.42. The molecule has 0 aliphatic rings. The summed E-state index contributed by atoms with van der Waals surface area (Å²) in [5.41, 5.74) is 1.74. The molecule has 1 aromatic carbocycles. The van der Waals surface area contributed by atoms with Crippen molar-refractivity contribution in [2.45, 2.75) is 39.2 Å². The van der Waals surface area contributed by atoms with E-state index in [1.807, 2.05) is 13.1 Å². The van der Waals surface area contributed by atoms with Crippen LogP contribution in [0.15, 0.2) is 18.2 Å². The average molecular weight is 267 g/mol. The maximum atomic E-state index is 13.2. The van der Waals surface area contributed by atoms with E-state index >= 15 is 0 Å². The average Bonchev–Trinajstić information content (AvgIpc) is 2.37. The minimum absolute atomic E-state index is 0.148. The summed E-state index contributed by atoms with van der Waals surface area (Å²) in [6.07, 6.45) is 1.90. The summed E-state index contributed by atoms with van der Waals surface area (Å²) >= 11 is 0. The zero-order valence-corrected chi connectivity index (χ0v) is 11.8. The molecule has 0 fully saturated rings. The molecule has 0 aromatic heterocycles. The summed E-state index contributed by atoms with van der Waals surface area (Å²) in [4.78, 5) is 12.6. The lowest BCUT2D eigenvalue weighted by Crippen LogP contribution is -2.34. The lowest BCUT2D eigenvalue weighted by atomic mass is 10.0. The number of benzene rings is 1. The van der Waals surface area contributed by atoms with Gasteiger partial charge in [0.1, 0.15) is 5.82 Å². The highest BCUT2D eigenvalue weighted by molar-refractivity contribution is 5.66. The molecule has 1 rings (SSSR count). The Morgan fingerprint density at radius 1 is 1.47 bits per heavy atom. The molecule has 19 heavy (non-hydrogen) atoms. The van der Waals surface area contributed by atoms with Crippen LogP contribution in [0, 0.1) is 12.7 Å². The van der Waals surface area contributed by atoms with Crippen LogP contribution in [0.4, 0.5) is 4.39 Å². The molecule has 0 spiro atoms. The normalized spacial score (nSPS) is 12.7. The van der Waals surface area contributed by atoms with E-state index in [9.17, 15) is 9.18 Å². The van der Waals surface area contributed by atoms with E-state index < -0.39 is 5.97 Å². The highest BCUT2D eigenvalue weighted by Crippen LogP contribution is 2.15. The number of hydrogen-bond acceptors (Lipinski definition) is 2. The quantitative estimate of drug-likeness (QED) is 0.826. The lowest BCUT2D eigenvalue weighted by molar-refractivity contribution is -0.137. The Bertz CT molecular complexity index is 434. The number of carbonyl (C=O) groups is 1. The van der Waals surface area contributed by atoms with E-state index in [0.29, 0.717) is 12.1 Å². The van der Waals surface area contributed by atoms with Gasteiger partial charge in [-0.25, -0.2) is 4.39 Å². The van der Waals surface area contributed by atoms with Gasteiger partial charge in [-0.3, -0.25) is 4.79 Å². The van der Waals surface area contributed by atoms with Crippen LogP contribution in [-0.4, -0.2) is 35.6 Å². The highest BCUT2D eigenvalue weighted by Gasteiger charge is 2.14. The van der Waals surface area contributed by atoms with E-state index in [4.69, 9.17) is 5.11 Å². The van der Waals surface area contributed by atoms with E-state index in [0.717, 1.165) is 18.4 Å². The van der Waals surface area contributed by atoms with Gasteiger partial charge in [0.25, 0.3) is 0 Å². The largest absolute Gasteiger partial charge is 0.481 e. The maximum Gasteiger partial charge on any atom is 0.304 e. The van der Waals surface area contributed by atoms with Crippen molar-refractivity contribution in [1.29, 1.82) is 0 Å². The first-order chi connectivity index (χ1) is 8.93. The molecule has 0 saturated heterocycles. The Labute approximate surface area is 114 Å². The third kappa shape index (κ3) is 4.99. The molecule has 0 amide bonds. The highest BCUT2D eigenvalue weighted by atomic mass is 19.1. The number of rotatable bonds is 7. The third-order valence-corrected chi connectivity index (χ3v) is 3.47. The molecule has 1 N–H and O–H groups in total. The van der Waals surface area contributed by atoms with Crippen LogP contribution in [0.25, 0.3) is 0 Å². The number of likely N-dealkylation sites (N-methyl/N-ethyl adjacent to an activating group) is 1. The number of carboxylic acid groups (broad SMARTS) is 1. The van der Waals surface area contributed by atoms with Gasteiger partial charge in [-0.2, -0.15) is 0 Å². The fourth-order valence-electron chi connectivity index (χ4n) is 2.17. The summed E-state index contributed by atoms with van der Waals surface area (Å²) in [5, 5.41) is 8.71. The van der Waals surface area contributed by atoms with E-state index in [2.05, 4.69) is 11.8 Å². The molecule has 0 bridgehead atoms. The molecule has 0 aliphatic carbocycles. The van der Waals surface area contributed by atoms with Gasteiger partial charge in [0.2, 0.25) is 0 Å². The van der Waals surface area contributed by atoms with Crippen molar-refractivity contribution in [3.63, 3.8) is 0 Å². The zero-order valence-electron chi connectivity index (χ0n) is 11.8. The maximum absolute atomic E-state index is 13.2.